The Kier molecular flexibility index (Phi) is 5.65. The fourth-order valence-corrected chi connectivity index (χ4v) is 3.92. The molecule has 0 aromatic heterocycles. The Morgan fingerprint density at radius 2 is 1.07 bits per heavy atom. The molecule has 0 radical (unpaired) electrons. The summed E-state index contributed by atoms with van der Waals surface area (Å²) in [5.74, 6) is 0. The van der Waals surface area contributed by atoms with E-state index in [4.69, 9.17) is 9.31 Å². The third-order valence-corrected chi connectivity index (χ3v) is 5.16. The number of hydrogen-bond acceptors (Lipinski definition) is 2. The summed E-state index contributed by atoms with van der Waals surface area (Å²) in [6.07, 6.45) is -0.0722. The van der Waals surface area contributed by atoms with Gasteiger partial charge < -0.3 is 39.6 Å². The van der Waals surface area contributed by atoms with E-state index in [9.17, 15) is 0 Å². The molecular formula is C24H19BFeO2-6. The van der Waals surface area contributed by atoms with E-state index < -0.39 is 0 Å². The molecule has 4 heteroatoms. The predicted molar refractivity (Wildman–Crippen MR) is 109 cm³/mol. The average molecular weight is 406 g/mol. The first kappa shape index (κ1) is 19.0. The predicted octanol–water partition coefficient (Wildman–Crippen LogP) is 5.01. The van der Waals surface area contributed by atoms with E-state index in [2.05, 4.69) is 60.7 Å². The van der Waals surface area contributed by atoms with Crippen LogP contribution in [0.15, 0.2) is 103 Å². The van der Waals surface area contributed by atoms with Gasteiger partial charge in [0.1, 0.15) is 0 Å². The number of hydrogen-bond donors (Lipinski definition) is 0. The minimum absolute atomic E-state index is 0. The molecule has 2 atom stereocenters. The third kappa shape index (κ3) is 3.41. The van der Waals surface area contributed by atoms with Gasteiger partial charge in [-0.3, -0.25) is 0 Å². The van der Waals surface area contributed by atoms with E-state index in [1.54, 1.807) is 0 Å². The van der Waals surface area contributed by atoms with Gasteiger partial charge in [0.25, 0.3) is 0 Å². The van der Waals surface area contributed by atoms with Crippen molar-refractivity contribution in [2.45, 2.75) is 12.2 Å². The molecule has 144 valence electrons. The Balaban J connectivity index is 0.000000282. The van der Waals surface area contributed by atoms with Crippen molar-refractivity contribution in [3.63, 3.8) is 0 Å². The molecule has 1 aliphatic carbocycles. The van der Waals surface area contributed by atoms with E-state index in [-0.39, 0.29) is 36.4 Å². The summed E-state index contributed by atoms with van der Waals surface area (Å²) in [4.78, 5) is 0. The first-order valence-corrected chi connectivity index (χ1v) is 9.29. The molecule has 6 rings (SSSR count). The molecule has 0 N–H and O–H groups in total. The van der Waals surface area contributed by atoms with Crippen LogP contribution in [0.2, 0.25) is 0 Å². The molecule has 2 aliphatic rings. The summed E-state index contributed by atoms with van der Waals surface area (Å²) in [5, 5.41) is 0. The standard InChI is InChI=1S/C19H14BO2.C5H5.Fe/c1-2-8-13(7-1)20-21-18-16-11-5-3-9-14(16)15-10-4-6-12-17(15)19(18)22-20;1-2-4-5-3-1;/h1-12,18-19H;1-5H;/q-1;-5;/t18-,19+;;. The van der Waals surface area contributed by atoms with E-state index in [1.807, 2.05) is 42.5 Å². The molecular weight excluding hydrogens is 387 g/mol. The van der Waals surface area contributed by atoms with Crippen LogP contribution in [-0.2, 0) is 26.4 Å². The summed E-state index contributed by atoms with van der Waals surface area (Å²) >= 11 is 0. The monoisotopic (exact) mass is 406 g/mol. The molecule has 0 amide bonds. The van der Waals surface area contributed by atoms with Gasteiger partial charge in [0, 0.05) is 17.1 Å². The zero-order valence-corrected chi connectivity index (χ0v) is 16.3. The molecule has 4 aromatic rings. The zero-order chi connectivity index (χ0) is 18.1. The van der Waals surface area contributed by atoms with Crippen LogP contribution in [0.4, 0.5) is 0 Å². The van der Waals surface area contributed by atoms with Crippen LogP contribution in [0.5, 0.6) is 0 Å². The summed E-state index contributed by atoms with van der Waals surface area (Å²) < 4.78 is 12.5. The van der Waals surface area contributed by atoms with Gasteiger partial charge in [-0.25, -0.2) is 12.1 Å². The second-order valence-electron chi connectivity index (χ2n) is 6.80. The zero-order valence-electron chi connectivity index (χ0n) is 15.2. The van der Waals surface area contributed by atoms with Gasteiger partial charge >= 0.3 is 7.12 Å². The van der Waals surface area contributed by atoms with Crippen molar-refractivity contribution in [3.05, 3.63) is 114 Å². The first-order chi connectivity index (χ1) is 13.4. The van der Waals surface area contributed by atoms with Crippen molar-refractivity contribution < 1.29 is 26.4 Å². The largest absolute Gasteiger partial charge is 0.748 e. The number of fused-ring (bicyclic) bond motifs is 6. The topological polar surface area (TPSA) is 18.5 Å². The van der Waals surface area contributed by atoms with Crippen LogP contribution in [0.1, 0.15) is 23.3 Å². The normalized spacial score (nSPS) is 18.8. The van der Waals surface area contributed by atoms with Gasteiger partial charge in [-0.1, -0.05) is 48.5 Å². The molecule has 1 saturated heterocycles. The van der Waals surface area contributed by atoms with E-state index in [0.29, 0.717) is 0 Å². The van der Waals surface area contributed by atoms with Crippen LogP contribution in [-0.4, -0.2) is 7.12 Å². The quantitative estimate of drug-likeness (QED) is 0.327. The van der Waals surface area contributed by atoms with Crippen LogP contribution in [0.25, 0.3) is 11.1 Å². The van der Waals surface area contributed by atoms with Crippen LogP contribution in [0, 0.1) is 0 Å². The maximum absolute atomic E-state index is 6.27. The molecule has 1 aliphatic heterocycles. The minimum atomic E-state index is -0.288. The summed E-state index contributed by atoms with van der Waals surface area (Å²) in [7, 11) is -0.288. The molecule has 0 saturated carbocycles. The molecule has 2 nitrogen and oxygen atoms in total. The molecule has 4 aromatic carbocycles. The van der Waals surface area contributed by atoms with Gasteiger partial charge in [0.2, 0.25) is 0 Å². The van der Waals surface area contributed by atoms with Crippen molar-refractivity contribution in [2.75, 3.05) is 0 Å². The minimum Gasteiger partial charge on any atom is -0.748 e. The molecule has 0 bridgehead atoms. The van der Waals surface area contributed by atoms with Gasteiger partial charge in [-0.05, 0) is 22.3 Å². The van der Waals surface area contributed by atoms with Crippen LogP contribution in [0.3, 0.4) is 0 Å². The maximum atomic E-state index is 6.27. The smallest absolute Gasteiger partial charge is 0.419 e. The molecule has 0 unspecified atom stereocenters. The van der Waals surface area contributed by atoms with Crippen LogP contribution >= 0.6 is 0 Å². The van der Waals surface area contributed by atoms with Gasteiger partial charge in [-0.2, -0.15) is 12.1 Å². The van der Waals surface area contributed by atoms with Crippen LogP contribution < -0.4 is 5.46 Å². The maximum Gasteiger partial charge on any atom is 0.419 e. The van der Waals surface area contributed by atoms with Crippen molar-refractivity contribution in [1.82, 2.24) is 0 Å². The second-order valence-corrected chi connectivity index (χ2v) is 6.80. The fraction of sp³-hybridized carbons (Fsp3) is 0.0833. The SMILES string of the molecule is [Fe].[cH-]1[cH-][cH-][cH-][cH-]1.c1ccc2c(c1)-c1ccccc1[C@@H]1OB([c-]3cccc3)O[C@H]21. The van der Waals surface area contributed by atoms with Gasteiger partial charge in [0.05, 0.1) is 12.2 Å². The second kappa shape index (κ2) is 8.34. The number of rotatable bonds is 1. The van der Waals surface area contributed by atoms with Crippen molar-refractivity contribution in [3.8, 4) is 11.1 Å². The number of benzene rings is 2. The van der Waals surface area contributed by atoms with E-state index in [1.165, 1.54) is 22.3 Å². The Morgan fingerprint density at radius 1 is 0.643 bits per heavy atom. The van der Waals surface area contributed by atoms with Crippen molar-refractivity contribution in [1.29, 1.82) is 0 Å². The Labute approximate surface area is 176 Å². The van der Waals surface area contributed by atoms with Gasteiger partial charge in [0.15, 0.2) is 0 Å². The Hall–Kier alpha value is -2.36. The van der Waals surface area contributed by atoms with Gasteiger partial charge in [-0.15, -0.1) is 5.46 Å². The first-order valence-electron chi connectivity index (χ1n) is 9.29. The average Bonchev–Trinajstić information content (AvgIpc) is 3.51. The molecule has 1 heterocycles. The third-order valence-electron chi connectivity index (χ3n) is 5.16. The van der Waals surface area contributed by atoms with Crippen molar-refractivity contribution in [2.24, 2.45) is 0 Å². The van der Waals surface area contributed by atoms with Crippen molar-refractivity contribution >= 4 is 12.6 Å². The summed E-state index contributed by atoms with van der Waals surface area (Å²) in [5.41, 5.74) is 6.04. The Morgan fingerprint density at radius 3 is 1.54 bits per heavy atom. The van der Waals surface area contributed by atoms with E-state index >= 15 is 0 Å². The van der Waals surface area contributed by atoms with E-state index in [0.717, 1.165) is 5.46 Å². The summed E-state index contributed by atoms with van der Waals surface area (Å²) in [6.45, 7) is 0. The fourth-order valence-electron chi connectivity index (χ4n) is 3.92. The Bertz CT molecular complexity index is 940. The summed E-state index contributed by atoms with van der Waals surface area (Å²) in [6, 6.07) is 35.1. The molecule has 28 heavy (non-hydrogen) atoms. The molecule has 0 spiro atoms. The molecule has 1 fully saturated rings.